The SMILES string of the molecule is C#CCn1c(C)nc(C2CCCC(C)C2)c1N. The summed E-state index contributed by atoms with van der Waals surface area (Å²) in [5.74, 6) is 5.66. The molecule has 1 heterocycles. The smallest absolute Gasteiger partial charge is 0.127 e. The molecule has 2 rings (SSSR count). The average Bonchev–Trinajstić information content (AvgIpc) is 2.57. The fourth-order valence-electron chi connectivity index (χ4n) is 2.88. The summed E-state index contributed by atoms with van der Waals surface area (Å²) in [7, 11) is 0. The van der Waals surface area contributed by atoms with Gasteiger partial charge in [0.25, 0.3) is 0 Å². The molecule has 17 heavy (non-hydrogen) atoms. The Kier molecular flexibility index (Phi) is 3.42. The van der Waals surface area contributed by atoms with E-state index in [-0.39, 0.29) is 0 Å². The molecule has 0 aromatic carbocycles. The summed E-state index contributed by atoms with van der Waals surface area (Å²) in [6.45, 7) is 4.81. The van der Waals surface area contributed by atoms with E-state index >= 15 is 0 Å². The molecule has 1 aromatic rings. The number of rotatable bonds is 2. The molecule has 2 unspecified atom stereocenters. The maximum absolute atomic E-state index is 6.17. The Morgan fingerprint density at radius 3 is 2.94 bits per heavy atom. The van der Waals surface area contributed by atoms with Gasteiger partial charge in [-0.3, -0.25) is 0 Å². The number of terminal acetylenes is 1. The van der Waals surface area contributed by atoms with Gasteiger partial charge in [-0.05, 0) is 25.7 Å². The maximum Gasteiger partial charge on any atom is 0.127 e. The van der Waals surface area contributed by atoms with Crippen LogP contribution in [0.25, 0.3) is 0 Å². The molecule has 3 nitrogen and oxygen atoms in total. The monoisotopic (exact) mass is 231 g/mol. The second-order valence-electron chi connectivity index (χ2n) is 5.19. The Morgan fingerprint density at radius 2 is 2.29 bits per heavy atom. The molecule has 3 heteroatoms. The van der Waals surface area contributed by atoms with Gasteiger partial charge >= 0.3 is 0 Å². The van der Waals surface area contributed by atoms with Gasteiger partial charge in [-0.2, -0.15) is 0 Å². The number of nitrogens with zero attached hydrogens (tertiary/aromatic N) is 2. The third kappa shape index (κ3) is 2.31. The number of aryl methyl sites for hydroxylation is 1. The van der Waals surface area contributed by atoms with Gasteiger partial charge in [0.1, 0.15) is 11.6 Å². The van der Waals surface area contributed by atoms with Crippen LogP contribution in [0.4, 0.5) is 5.82 Å². The zero-order valence-electron chi connectivity index (χ0n) is 10.7. The Hall–Kier alpha value is -1.43. The van der Waals surface area contributed by atoms with Crippen LogP contribution in [0.2, 0.25) is 0 Å². The molecule has 1 fully saturated rings. The van der Waals surface area contributed by atoms with Crippen molar-refractivity contribution in [2.75, 3.05) is 5.73 Å². The normalized spacial score (nSPS) is 24.5. The summed E-state index contributed by atoms with van der Waals surface area (Å²) in [6.07, 6.45) is 10.4. The Balaban J connectivity index is 2.27. The lowest BCUT2D eigenvalue weighted by molar-refractivity contribution is 0.341. The molecule has 1 saturated carbocycles. The van der Waals surface area contributed by atoms with E-state index in [0.29, 0.717) is 12.5 Å². The van der Waals surface area contributed by atoms with E-state index in [0.717, 1.165) is 23.3 Å². The van der Waals surface area contributed by atoms with Crippen molar-refractivity contribution >= 4 is 5.82 Å². The standard InChI is InChI=1S/C14H21N3/c1-4-8-17-11(3)16-13(14(17)15)12-7-5-6-10(2)9-12/h1,10,12H,5-9,15H2,2-3H3. The van der Waals surface area contributed by atoms with Crippen molar-refractivity contribution in [1.29, 1.82) is 0 Å². The van der Waals surface area contributed by atoms with Gasteiger partial charge in [0, 0.05) is 5.92 Å². The lowest BCUT2D eigenvalue weighted by Gasteiger charge is -2.25. The number of hydrogen-bond acceptors (Lipinski definition) is 2. The van der Waals surface area contributed by atoms with Crippen molar-refractivity contribution in [3.05, 3.63) is 11.5 Å². The third-order valence-corrected chi connectivity index (χ3v) is 3.80. The molecule has 0 bridgehead atoms. The fraction of sp³-hybridized carbons (Fsp3) is 0.643. The fourth-order valence-corrected chi connectivity index (χ4v) is 2.88. The van der Waals surface area contributed by atoms with Gasteiger partial charge < -0.3 is 10.3 Å². The number of hydrogen-bond donors (Lipinski definition) is 1. The summed E-state index contributed by atoms with van der Waals surface area (Å²) in [5.41, 5.74) is 7.24. The summed E-state index contributed by atoms with van der Waals surface area (Å²) in [4.78, 5) is 4.63. The second-order valence-corrected chi connectivity index (χ2v) is 5.19. The lowest BCUT2D eigenvalue weighted by Crippen LogP contribution is -2.14. The van der Waals surface area contributed by atoms with Crippen LogP contribution < -0.4 is 5.73 Å². The predicted molar refractivity (Wildman–Crippen MR) is 70.6 cm³/mol. The Bertz CT molecular complexity index is 439. The highest BCUT2D eigenvalue weighted by Crippen LogP contribution is 2.37. The largest absolute Gasteiger partial charge is 0.384 e. The van der Waals surface area contributed by atoms with Gasteiger partial charge in [0.15, 0.2) is 0 Å². The minimum Gasteiger partial charge on any atom is -0.384 e. The molecule has 2 atom stereocenters. The number of aromatic nitrogens is 2. The minimum absolute atomic E-state index is 0.521. The van der Waals surface area contributed by atoms with Crippen LogP contribution in [0.3, 0.4) is 0 Å². The van der Waals surface area contributed by atoms with Crippen LogP contribution in [0.5, 0.6) is 0 Å². The summed E-state index contributed by atoms with van der Waals surface area (Å²) < 4.78 is 1.94. The molecule has 1 aliphatic rings. The number of anilines is 1. The van der Waals surface area contributed by atoms with Crippen molar-refractivity contribution in [3.63, 3.8) is 0 Å². The first-order valence-corrected chi connectivity index (χ1v) is 6.39. The zero-order chi connectivity index (χ0) is 12.4. The van der Waals surface area contributed by atoms with Gasteiger partial charge in [0.05, 0.1) is 12.2 Å². The molecule has 0 aliphatic heterocycles. The topological polar surface area (TPSA) is 43.8 Å². The first-order chi connectivity index (χ1) is 8.13. The van der Waals surface area contributed by atoms with Crippen molar-refractivity contribution in [2.24, 2.45) is 5.92 Å². The van der Waals surface area contributed by atoms with Crippen LogP contribution in [0.15, 0.2) is 0 Å². The number of nitrogens with two attached hydrogens (primary N) is 1. The molecular formula is C14H21N3. The van der Waals surface area contributed by atoms with Crippen LogP contribution in [-0.4, -0.2) is 9.55 Å². The zero-order valence-corrected chi connectivity index (χ0v) is 10.7. The molecule has 0 radical (unpaired) electrons. The van der Waals surface area contributed by atoms with E-state index in [1.165, 1.54) is 25.7 Å². The molecular weight excluding hydrogens is 210 g/mol. The first kappa shape index (κ1) is 12.0. The molecule has 0 amide bonds. The van der Waals surface area contributed by atoms with Gasteiger partial charge in [-0.25, -0.2) is 4.98 Å². The highest BCUT2D eigenvalue weighted by Gasteiger charge is 2.25. The quantitative estimate of drug-likeness (QED) is 0.795. The van der Waals surface area contributed by atoms with E-state index in [9.17, 15) is 0 Å². The van der Waals surface area contributed by atoms with Crippen LogP contribution in [0.1, 0.15) is 50.0 Å². The number of imidazole rings is 1. The highest BCUT2D eigenvalue weighted by atomic mass is 15.1. The van der Waals surface area contributed by atoms with Gasteiger partial charge in [-0.1, -0.05) is 25.7 Å². The van der Waals surface area contributed by atoms with E-state index in [1.807, 2.05) is 11.5 Å². The lowest BCUT2D eigenvalue weighted by atomic mass is 9.81. The average molecular weight is 231 g/mol. The van der Waals surface area contributed by atoms with Gasteiger partial charge in [0.2, 0.25) is 0 Å². The molecule has 1 aromatic heterocycles. The summed E-state index contributed by atoms with van der Waals surface area (Å²) in [5, 5.41) is 0. The van der Waals surface area contributed by atoms with E-state index in [2.05, 4.69) is 17.8 Å². The molecule has 1 aliphatic carbocycles. The van der Waals surface area contributed by atoms with Crippen molar-refractivity contribution < 1.29 is 0 Å². The van der Waals surface area contributed by atoms with Crippen LogP contribution >= 0.6 is 0 Å². The molecule has 2 N–H and O–H groups in total. The minimum atomic E-state index is 0.521. The third-order valence-electron chi connectivity index (χ3n) is 3.80. The predicted octanol–water partition coefficient (Wildman–Crippen LogP) is 2.70. The Morgan fingerprint density at radius 1 is 1.53 bits per heavy atom. The first-order valence-electron chi connectivity index (χ1n) is 6.39. The van der Waals surface area contributed by atoms with Gasteiger partial charge in [-0.15, -0.1) is 6.42 Å². The van der Waals surface area contributed by atoms with Crippen molar-refractivity contribution in [3.8, 4) is 12.3 Å². The maximum atomic E-state index is 6.17. The molecule has 0 spiro atoms. The van der Waals surface area contributed by atoms with Crippen molar-refractivity contribution in [1.82, 2.24) is 9.55 Å². The van der Waals surface area contributed by atoms with Crippen LogP contribution in [-0.2, 0) is 6.54 Å². The molecule has 0 saturated heterocycles. The van der Waals surface area contributed by atoms with Crippen molar-refractivity contribution in [2.45, 2.75) is 52.0 Å². The Labute approximate surface area is 103 Å². The van der Waals surface area contributed by atoms with E-state index in [1.54, 1.807) is 0 Å². The van der Waals surface area contributed by atoms with Crippen LogP contribution in [0, 0.1) is 25.2 Å². The molecule has 92 valence electrons. The highest BCUT2D eigenvalue weighted by molar-refractivity contribution is 5.41. The van der Waals surface area contributed by atoms with E-state index < -0.39 is 0 Å². The summed E-state index contributed by atoms with van der Waals surface area (Å²) in [6, 6.07) is 0. The second kappa shape index (κ2) is 4.83. The number of nitrogen functional groups attached to an aromatic ring is 1. The summed E-state index contributed by atoms with van der Waals surface area (Å²) >= 11 is 0. The van der Waals surface area contributed by atoms with E-state index in [4.69, 9.17) is 12.2 Å².